The predicted molar refractivity (Wildman–Crippen MR) is 208 cm³/mol. The molecule has 0 fully saturated rings. The van der Waals surface area contributed by atoms with Crippen molar-refractivity contribution >= 4 is 38.8 Å². The highest BCUT2D eigenvalue weighted by atomic mass is 16.3. The number of para-hydroxylation sites is 1. The number of rotatable bonds is 5. The molecule has 2 heterocycles. The van der Waals surface area contributed by atoms with Gasteiger partial charge in [0.1, 0.15) is 17.0 Å². The van der Waals surface area contributed by atoms with Gasteiger partial charge in [0, 0.05) is 27.8 Å². The molecule has 240 valence electrons. The van der Waals surface area contributed by atoms with Crippen molar-refractivity contribution in [3.8, 4) is 45.0 Å². The second-order valence-electron chi connectivity index (χ2n) is 13.2. The summed E-state index contributed by atoms with van der Waals surface area (Å²) in [4.78, 5) is 15.4. The van der Waals surface area contributed by atoms with Crippen LogP contribution in [0.1, 0.15) is 22.9 Å². The molecule has 9 aromatic rings. The number of aromatic nitrogens is 3. The summed E-state index contributed by atoms with van der Waals surface area (Å²) in [5.74, 6) is 2.13. The summed E-state index contributed by atoms with van der Waals surface area (Å²) >= 11 is 0. The van der Waals surface area contributed by atoms with E-state index in [2.05, 4.69) is 152 Å². The van der Waals surface area contributed by atoms with Crippen LogP contribution in [0.15, 0.2) is 168 Å². The number of furan rings is 1. The summed E-state index contributed by atoms with van der Waals surface area (Å²) in [6.45, 7) is 0. The van der Waals surface area contributed by atoms with Crippen molar-refractivity contribution < 1.29 is 4.42 Å². The average Bonchev–Trinajstić information content (AvgIpc) is 3.59. The maximum absolute atomic E-state index is 6.22. The van der Waals surface area contributed by atoms with E-state index < -0.39 is 0 Å². The maximum Gasteiger partial charge on any atom is 0.163 e. The molecule has 1 atom stereocenters. The van der Waals surface area contributed by atoms with Crippen LogP contribution in [-0.4, -0.2) is 15.0 Å². The summed E-state index contributed by atoms with van der Waals surface area (Å²) in [7, 11) is 0. The van der Waals surface area contributed by atoms with Gasteiger partial charge in [0.2, 0.25) is 0 Å². The molecule has 51 heavy (non-hydrogen) atoms. The Morgan fingerprint density at radius 1 is 0.490 bits per heavy atom. The molecule has 4 heteroatoms. The van der Waals surface area contributed by atoms with Crippen molar-refractivity contribution in [1.82, 2.24) is 15.0 Å². The average molecular weight is 654 g/mol. The second-order valence-corrected chi connectivity index (χ2v) is 13.2. The highest BCUT2D eigenvalue weighted by Crippen LogP contribution is 2.38. The van der Waals surface area contributed by atoms with Gasteiger partial charge in [0.15, 0.2) is 11.6 Å². The Labute approximate surface area is 295 Å². The Balaban J connectivity index is 1.09. The fourth-order valence-corrected chi connectivity index (χ4v) is 7.52. The van der Waals surface area contributed by atoms with E-state index in [4.69, 9.17) is 19.4 Å². The number of hydrogen-bond acceptors (Lipinski definition) is 4. The summed E-state index contributed by atoms with van der Waals surface area (Å²) in [6, 6.07) is 55.1. The zero-order chi connectivity index (χ0) is 33.7. The van der Waals surface area contributed by atoms with Crippen molar-refractivity contribution in [2.45, 2.75) is 12.3 Å². The molecule has 0 amide bonds. The number of nitrogens with zero attached hydrogens (tertiary/aromatic N) is 3. The Morgan fingerprint density at radius 2 is 1.16 bits per heavy atom. The van der Waals surface area contributed by atoms with E-state index in [1.165, 1.54) is 27.5 Å². The van der Waals surface area contributed by atoms with Crippen LogP contribution in [0.3, 0.4) is 0 Å². The van der Waals surface area contributed by atoms with Crippen LogP contribution in [0, 0.1) is 0 Å². The summed E-state index contributed by atoms with van der Waals surface area (Å²) in [6.07, 6.45) is 5.27. The monoisotopic (exact) mass is 653 g/mol. The highest BCUT2D eigenvalue weighted by molar-refractivity contribution is 6.12. The van der Waals surface area contributed by atoms with E-state index in [9.17, 15) is 0 Å². The summed E-state index contributed by atoms with van der Waals surface area (Å²) in [5, 5.41) is 4.68. The SMILES string of the molecule is C1=CC(c2nc(-c3ccc(-c4cccc5ccccc45)cc3)nc(-c3cccc(-c4cccc5oc6ccccc6c45)c3)n2)Cc2ccccc21. The van der Waals surface area contributed by atoms with E-state index in [1.807, 2.05) is 18.2 Å². The molecule has 1 aliphatic rings. The molecule has 0 aliphatic heterocycles. The highest BCUT2D eigenvalue weighted by Gasteiger charge is 2.21. The number of allylic oxidation sites excluding steroid dienone is 1. The first-order valence-corrected chi connectivity index (χ1v) is 17.4. The van der Waals surface area contributed by atoms with E-state index in [1.54, 1.807) is 0 Å². The van der Waals surface area contributed by atoms with Gasteiger partial charge < -0.3 is 4.42 Å². The molecule has 0 N–H and O–H groups in total. The molecule has 0 bridgehead atoms. The van der Waals surface area contributed by atoms with E-state index >= 15 is 0 Å². The maximum atomic E-state index is 6.22. The zero-order valence-corrected chi connectivity index (χ0v) is 27.7. The van der Waals surface area contributed by atoms with Gasteiger partial charge in [-0.15, -0.1) is 0 Å². The Bertz CT molecular complexity index is 2790. The fraction of sp³-hybridized carbons (Fsp3) is 0.0426. The van der Waals surface area contributed by atoms with Crippen LogP contribution in [0.4, 0.5) is 0 Å². The third kappa shape index (κ3) is 5.20. The van der Waals surface area contributed by atoms with Gasteiger partial charge in [-0.1, -0.05) is 152 Å². The minimum absolute atomic E-state index is 0.0320. The van der Waals surface area contributed by atoms with Gasteiger partial charge in [-0.05, 0) is 68.8 Å². The van der Waals surface area contributed by atoms with Gasteiger partial charge >= 0.3 is 0 Å². The third-order valence-corrected chi connectivity index (χ3v) is 10.1. The van der Waals surface area contributed by atoms with E-state index in [0.717, 1.165) is 62.0 Å². The molecule has 2 aromatic heterocycles. The molecule has 7 aromatic carbocycles. The molecule has 0 radical (unpaired) electrons. The Hall–Kier alpha value is -6.65. The first-order valence-electron chi connectivity index (χ1n) is 17.4. The molecular formula is C47H31N3O. The van der Waals surface area contributed by atoms with Crippen LogP contribution in [0.2, 0.25) is 0 Å². The zero-order valence-electron chi connectivity index (χ0n) is 27.7. The third-order valence-electron chi connectivity index (χ3n) is 10.1. The quantitative estimate of drug-likeness (QED) is 0.185. The first-order chi connectivity index (χ1) is 25.2. The number of fused-ring (bicyclic) bond motifs is 5. The van der Waals surface area contributed by atoms with Crippen LogP contribution >= 0.6 is 0 Å². The van der Waals surface area contributed by atoms with Crippen LogP contribution < -0.4 is 0 Å². The van der Waals surface area contributed by atoms with Gasteiger partial charge in [-0.25, -0.2) is 15.0 Å². The molecule has 0 spiro atoms. The minimum atomic E-state index is 0.0320. The normalized spacial score (nSPS) is 13.9. The molecule has 0 saturated carbocycles. The van der Waals surface area contributed by atoms with Gasteiger partial charge in [0.25, 0.3) is 0 Å². The molecule has 1 aliphatic carbocycles. The Kier molecular flexibility index (Phi) is 6.91. The fourth-order valence-electron chi connectivity index (χ4n) is 7.52. The van der Waals surface area contributed by atoms with Crippen molar-refractivity contribution in [1.29, 1.82) is 0 Å². The predicted octanol–water partition coefficient (Wildman–Crippen LogP) is 11.9. The lowest BCUT2D eigenvalue weighted by Crippen LogP contribution is -2.12. The van der Waals surface area contributed by atoms with Crippen LogP contribution in [0.5, 0.6) is 0 Å². The van der Waals surface area contributed by atoms with Crippen molar-refractivity contribution in [3.05, 3.63) is 181 Å². The largest absolute Gasteiger partial charge is 0.456 e. The second kappa shape index (κ2) is 12.0. The van der Waals surface area contributed by atoms with Gasteiger partial charge in [-0.2, -0.15) is 0 Å². The minimum Gasteiger partial charge on any atom is -0.456 e. The summed E-state index contributed by atoms with van der Waals surface area (Å²) in [5.41, 5.74) is 10.8. The summed E-state index contributed by atoms with van der Waals surface area (Å²) < 4.78 is 6.22. The van der Waals surface area contributed by atoms with Crippen LogP contribution in [-0.2, 0) is 6.42 Å². The molecule has 10 rings (SSSR count). The van der Waals surface area contributed by atoms with Gasteiger partial charge in [-0.3, -0.25) is 0 Å². The topological polar surface area (TPSA) is 51.8 Å². The smallest absolute Gasteiger partial charge is 0.163 e. The van der Waals surface area contributed by atoms with Crippen LogP contribution in [0.25, 0.3) is 83.8 Å². The lowest BCUT2D eigenvalue weighted by Gasteiger charge is -2.19. The Morgan fingerprint density at radius 3 is 2.08 bits per heavy atom. The standard InChI is InChI=1S/C47H31N3O/c1-2-12-34-28-37(27-22-30(34)10-1)47-49-45(33-25-23-32(24-26-33)39-18-8-13-31-11-3-4-16-38(31)39)48-46(50-47)36-15-7-14-35(29-36)40-19-9-21-43-44(40)41-17-5-6-20-42(41)51-43/h1-27,29,37H,28H2. The number of benzene rings is 7. The lowest BCUT2D eigenvalue weighted by molar-refractivity contribution is 0.669. The van der Waals surface area contributed by atoms with E-state index in [-0.39, 0.29) is 5.92 Å². The lowest BCUT2D eigenvalue weighted by atomic mass is 9.89. The molecule has 4 nitrogen and oxygen atoms in total. The van der Waals surface area contributed by atoms with Gasteiger partial charge in [0.05, 0.1) is 0 Å². The number of hydrogen-bond donors (Lipinski definition) is 0. The molecular weight excluding hydrogens is 623 g/mol. The van der Waals surface area contributed by atoms with Crippen molar-refractivity contribution in [2.24, 2.45) is 0 Å². The van der Waals surface area contributed by atoms with E-state index in [0.29, 0.717) is 11.6 Å². The van der Waals surface area contributed by atoms with Crippen molar-refractivity contribution in [2.75, 3.05) is 0 Å². The molecule has 1 unspecified atom stereocenters. The molecule has 0 saturated heterocycles. The van der Waals surface area contributed by atoms with Crippen molar-refractivity contribution in [3.63, 3.8) is 0 Å². The first kappa shape index (κ1) is 29.3.